The number of aromatic nitrogens is 1. The normalized spacial score (nSPS) is 15.0. The maximum atomic E-state index is 13.6. The van der Waals surface area contributed by atoms with Gasteiger partial charge in [-0.1, -0.05) is 31.2 Å². The van der Waals surface area contributed by atoms with Crippen molar-refractivity contribution in [3.8, 4) is 0 Å². The summed E-state index contributed by atoms with van der Waals surface area (Å²) in [7, 11) is 2.17. The minimum Gasteiger partial charge on any atom is -0.369 e. The number of carbonyl (C=O) groups excluding carboxylic acids is 3. The molecule has 10 nitrogen and oxygen atoms in total. The zero-order chi connectivity index (χ0) is 31.1. The molecule has 1 aromatic heterocycles. The summed E-state index contributed by atoms with van der Waals surface area (Å²) in [5.74, 6) is -0.295. The molecule has 0 spiro atoms. The molecule has 0 atom stereocenters. The van der Waals surface area contributed by atoms with E-state index in [0.29, 0.717) is 35.8 Å². The van der Waals surface area contributed by atoms with Crippen LogP contribution in [0, 0.1) is 0 Å². The van der Waals surface area contributed by atoms with Crippen LogP contribution in [0.1, 0.15) is 42.6 Å². The molecule has 0 bridgehead atoms. The maximum Gasteiger partial charge on any atom is 0.257 e. The standard InChI is InChI=1S/C34H43N7O3/c1-4-38(25-26-12-14-27(15-13-26)40-22-19-37(3)20-23-40)21-24-39(5-2)31(42)16-17-32(43)41-30-11-7-6-9-28(30)34(44)36-29-10-8-18-35-33(29)41/h6-15,18H,4-5,16-17,19-25H2,1-3H3,(H,36,44). The lowest BCUT2D eigenvalue weighted by molar-refractivity contribution is -0.133. The Balaban J connectivity index is 1.17. The summed E-state index contributed by atoms with van der Waals surface area (Å²) < 4.78 is 0. The Morgan fingerprint density at radius 1 is 0.886 bits per heavy atom. The molecule has 10 heteroatoms. The molecule has 2 aromatic carbocycles. The van der Waals surface area contributed by atoms with Crippen molar-refractivity contribution in [1.82, 2.24) is 19.7 Å². The van der Waals surface area contributed by atoms with E-state index in [1.54, 1.807) is 42.6 Å². The summed E-state index contributed by atoms with van der Waals surface area (Å²) in [6.07, 6.45) is 1.67. The number of nitrogens with one attached hydrogen (secondary N) is 1. The SMILES string of the molecule is CCN(CCN(CC)C(=O)CCC(=O)N1c2ccccc2C(=O)Nc2cccnc21)Cc1ccc(N2CCN(C)CC2)cc1. The fraction of sp³-hybridized carbons (Fsp3) is 0.412. The van der Waals surface area contributed by atoms with Crippen molar-refractivity contribution >= 4 is 40.6 Å². The summed E-state index contributed by atoms with van der Waals surface area (Å²) in [6.45, 7) is 12.0. The molecule has 0 saturated carbocycles. The number of amides is 3. The first-order chi connectivity index (χ1) is 21.4. The Morgan fingerprint density at radius 3 is 2.36 bits per heavy atom. The molecule has 3 heterocycles. The molecule has 232 valence electrons. The smallest absolute Gasteiger partial charge is 0.257 e. The predicted octanol–water partition coefficient (Wildman–Crippen LogP) is 4.21. The maximum absolute atomic E-state index is 13.6. The topological polar surface area (TPSA) is 92.3 Å². The van der Waals surface area contributed by atoms with Crippen LogP contribution >= 0.6 is 0 Å². The summed E-state index contributed by atoms with van der Waals surface area (Å²) in [5, 5.41) is 2.85. The van der Waals surface area contributed by atoms with Crippen molar-refractivity contribution in [3.63, 3.8) is 0 Å². The van der Waals surface area contributed by atoms with Crippen LogP contribution in [0.5, 0.6) is 0 Å². The van der Waals surface area contributed by atoms with E-state index < -0.39 is 0 Å². The van der Waals surface area contributed by atoms with Gasteiger partial charge in [-0.2, -0.15) is 0 Å². The third kappa shape index (κ3) is 7.26. The van der Waals surface area contributed by atoms with Crippen molar-refractivity contribution in [2.24, 2.45) is 0 Å². The van der Waals surface area contributed by atoms with Gasteiger partial charge in [-0.25, -0.2) is 4.98 Å². The Hall–Kier alpha value is -4.28. The minimum absolute atomic E-state index is 0.00498. The number of pyridine rings is 1. The lowest BCUT2D eigenvalue weighted by Crippen LogP contribution is -2.44. The van der Waals surface area contributed by atoms with Gasteiger partial charge >= 0.3 is 0 Å². The number of anilines is 4. The molecule has 5 rings (SSSR count). The molecule has 0 unspecified atom stereocenters. The number of nitrogens with zero attached hydrogens (tertiary/aromatic N) is 6. The van der Waals surface area contributed by atoms with Gasteiger partial charge in [0.1, 0.15) is 0 Å². The van der Waals surface area contributed by atoms with Gasteiger partial charge in [0.05, 0.1) is 16.9 Å². The highest BCUT2D eigenvalue weighted by molar-refractivity contribution is 6.17. The highest BCUT2D eigenvalue weighted by atomic mass is 16.2. The predicted molar refractivity (Wildman–Crippen MR) is 174 cm³/mol. The molecular formula is C34H43N7O3. The molecule has 3 aromatic rings. The van der Waals surface area contributed by atoms with Crippen molar-refractivity contribution in [1.29, 1.82) is 0 Å². The van der Waals surface area contributed by atoms with Gasteiger partial charge in [-0.15, -0.1) is 0 Å². The van der Waals surface area contributed by atoms with Crippen LogP contribution in [0.4, 0.5) is 22.9 Å². The molecule has 0 aliphatic carbocycles. The molecular weight excluding hydrogens is 554 g/mol. The number of rotatable bonds is 11. The molecule has 2 aliphatic heterocycles. The molecule has 0 radical (unpaired) electrons. The van der Waals surface area contributed by atoms with E-state index >= 15 is 0 Å². The molecule has 2 aliphatic rings. The van der Waals surface area contributed by atoms with Crippen LogP contribution in [0.15, 0.2) is 66.9 Å². The van der Waals surface area contributed by atoms with Crippen molar-refractivity contribution in [2.75, 3.05) is 74.5 Å². The molecule has 44 heavy (non-hydrogen) atoms. The second kappa shape index (κ2) is 14.5. The van der Waals surface area contributed by atoms with E-state index in [1.807, 2.05) is 11.8 Å². The first kappa shape index (κ1) is 31.2. The zero-order valence-electron chi connectivity index (χ0n) is 26.0. The van der Waals surface area contributed by atoms with Crippen molar-refractivity contribution in [3.05, 3.63) is 78.0 Å². The second-order valence-electron chi connectivity index (χ2n) is 11.4. The number of para-hydroxylation sites is 1. The largest absolute Gasteiger partial charge is 0.369 e. The van der Waals surface area contributed by atoms with Gasteiger partial charge < -0.3 is 20.0 Å². The fourth-order valence-corrected chi connectivity index (χ4v) is 5.78. The van der Waals surface area contributed by atoms with Gasteiger partial charge in [0.25, 0.3) is 5.91 Å². The second-order valence-corrected chi connectivity index (χ2v) is 11.4. The summed E-state index contributed by atoms with van der Waals surface area (Å²) >= 11 is 0. The minimum atomic E-state index is -0.301. The number of hydrogen-bond acceptors (Lipinski definition) is 7. The van der Waals surface area contributed by atoms with Crippen LogP contribution in [0.2, 0.25) is 0 Å². The highest BCUT2D eigenvalue weighted by Crippen LogP contribution is 2.36. The molecule has 3 amide bonds. The number of benzene rings is 2. The van der Waals surface area contributed by atoms with Gasteiger partial charge in [-0.3, -0.25) is 24.2 Å². The lowest BCUT2D eigenvalue weighted by atomic mass is 10.1. The summed E-state index contributed by atoms with van der Waals surface area (Å²) in [4.78, 5) is 54.6. The quantitative estimate of drug-likeness (QED) is 0.354. The number of piperazine rings is 1. The van der Waals surface area contributed by atoms with Crippen LogP contribution in [0.25, 0.3) is 0 Å². The monoisotopic (exact) mass is 597 g/mol. The van der Waals surface area contributed by atoms with Gasteiger partial charge in [0.15, 0.2) is 5.82 Å². The number of fused-ring (bicyclic) bond motifs is 2. The number of hydrogen-bond donors (Lipinski definition) is 1. The highest BCUT2D eigenvalue weighted by Gasteiger charge is 2.30. The van der Waals surface area contributed by atoms with Crippen LogP contribution in [-0.2, 0) is 16.1 Å². The van der Waals surface area contributed by atoms with Crippen molar-refractivity contribution < 1.29 is 14.4 Å². The Morgan fingerprint density at radius 2 is 1.64 bits per heavy atom. The molecule has 1 N–H and O–H groups in total. The van der Waals surface area contributed by atoms with Crippen LogP contribution in [0.3, 0.4) is 0 Å². The first-order valence-corrected chi connectivity index (χ1v) is 15.6. The summed E-state index contributed by atoms with van der Waals surface area (Å²) in [5.41, 5.74) is 3.82. The summed E-state index contributed by atoms with van der Waals surface area (Å²) in [6, 6.07) is 19.2. The Kier molecular flexibility index (Phi) is 10.2. The van der Waals surface area contributed by atoms with Crippen molar-refractivity contribution in [2.45, 2.75) is 33.2 Å². The van der Waals surface area contributed by atoms with Gasteiger partial charge in [0.2, 0.25) is 11.8 Å². The fourth-order valence-electron chi connectivity index (χ4n) is 5.78. The Labute approximate surface area is 260 Å². The lowest BCUT2D eigenvalue weighted by Gasteiger charge is -2.34. The van der Waals surface area contributed by atoms with Gasteiger partial charge in [-0.05, 0) is 62.5 Å². The Bertz CT molecular complexity index is 1450. The van der Waals surface area contributed by atoms with E-state index in [4.69, 9.17) is 0 Å². The van der Waals surface area contributed by atoms with Gasteiger partial charge in [0, 0.05) is 77.1 Å². The van der Waals surface area contributed by atoms with Crippen LogP contribution in [-0.4, -0.2) is 96.8 Å². The average Bonchev–Trinajstić information content (AvgIpc) is 3.17. The first-order valence-electron chi connectivity index (χ1n) is 15.6. The van der Waals surface area contributed by atoms with E-state index in [-0.39, 0.29) is 30.6 Å². The van der Waals surface area contributed by atoms with E-state index in [1.165, 1.54) is 16.2 Å². The third-order valence-electron chi connectivity index (χ3n) is 8.52. The van der Waals surface area contributed by atoms with E-state index in [2.05, 4.69) is 63.2 Å². The number of carbonyl (C=O) groups is 3. The van der Waals surface area contributed by atoms with E-state index in [9.17, 15) is 14.4 Å². The number of likely N-dealkylation sites (N-methyl/N-ethyl adjacent to an activating group) is 3. The molecule has 1 fully saturated rings. The molecule has 1 saturated heterocycles. The van der Waals surface area contributed by atoms with E-state index in [0.717, 1.165) is 45.8 Å². The third-order valence-corrected chi connectivity index (χ3v) is 8.52. The van der Waals surface area contributed by atoms with Crippen LogP contribution < -0.4 is 15.1 Å². The average molecular weight is 598 g/mol. The zero-order valence-corrected chi connectivity index (χ0v) is 26.0.